The average Bonchev–Trinajstić information content (AvgIpc) is 3.16. The number of rotatable bonds is 6. The first-order valence-corrected chi connectivity index (χ1v) is 9.83. The lowest BCUT2D eigenvalue weighted by Gasteiger charge is -2.20. The van der Waals surface area contributed by atoms with Crippen molar-refractivity contribution in [3.63, 3.8) is 0 Å². The molecule has 26 heavy (non-hydrogen) atoms. The van der Waals surface area contributed by atoms with Gasteiger partial charge >= 0.3 is 0 Å². The van der Waals surface area contributed by atoms with Gasteiger partial charge in [0.05, 0.1) is 0 Å². The highest BCUT2D eigenvalue weighted by Gasteiger charge is 2.30. The van der Waals surface area contributed by atoms with E-state index in [0.717, 1.165) is 31.2 Å². The van der Waals surface area contributed by atoms with E-state index in [2.05, 4.69) is 21.5 Å². The van der Waals surface area contributed by atoms with Gasteiger partial charge < -0.3 is 10.6 Å². The van der Waals surface area contributed by atoms with Crippen molar-refractivity contribution < 1.29 is 9.59 Å². The van der Waals surface area contributed by atoms with E-state index in [4.69, 9.17) is 11.6 Å². The Morgan fingerprint density at radius 2 is 1.77 bits per heavy atom. The SMILES string of the molecule is O=C(NCCNC(=O)C1CC(c2cccc(Cl)c2)NN1)C1CCCCC1. The molecule has 2 fully saturated rings. The number of hydrogen-bond acceptors (Lipinski definition) is 4. The van der Waals surface area contributed by atoms with Crippen LogP contribution in [0.25, 0.3) is 0 Å². The second kappa shape index (κ2) is 9.35. The Labute approximate surface area is 159 Å². The summed E-state index contributed by atoms with van der Waals surface area (Å²) in [4.78, 5) is 24.4. The van der Waals surface area contributed by atoms with Crippen molar-refractivity contribution >= 4 is 23.4 Å². The van der Waals surface area contributed by atoms with Gasteiger partial charge in [-0.1, -0.05) is 43.0 Å². The number of amides is 2. The fourth-order valence-electron chi connectivity index (χ4n) is 3.67. The fourth-order valence-corrected chi connectivity index (χ4v) is 3.87. The predicted octanol–water partition coefficient (Wildman–Crippen LogP) is 2.06. The maximum absolute atomic E-state index is 12.3. The first-order chi connectivity index (χ1) is 12.6. The van der Waals surface area contributed by atoms with Crippen LogP contribution in [-0.4, -0.2) is 30.9 Å². The maximum atomic E-state index is 12.3. The Morgan fingerprint density at radius 1 is 1.04 bits per heavy atom. The van der Waals surface area contributed by atoms with E-state index in [1.165, 1.54) is 6.42 Å². The zero-order chi connectivity index (χ0) is 18.4. The van der Waals surface area contributed by atoms with Crippen LogP contribution >= 0.6 is 11.6 Å². The number of benzene rings is 1. The monoisotopic (exact) mass is 378 g/mol. The number of carbonyl (C=O) groups is 2. The molecule has 1 aliphatic heterocycles. The summed E-state index contributed by atoms with van der Waals surface area (Å²) in [7, 11) is 0. The zero-order valence-electron chi connectivity index (χ0n) is 14.9. The van der Waals surface area contributed by atoms with Crippen molar-refractivity contribution in [3.8, 4) is 0 Å². The summed E-state index contributed by atoms with van der Waals surface area (Å²) in [5, 5.41) is 6.50. The molecule has 7 heteroatoms. The first-order valence-electron chi connectivity index (χ1n) is 9.45. The summed E-state index contributed by atoms with van der Waals surface area (Å²) in [6.45, 7) is 0.913. The number of halogens is 1. The van der Waals surface area contributed by atoms with Gasteiger partial charge in [0.1, 0.15) is 6.04 Å². The van der Waals surface area contributed by atoms with Crippen LogP contribution in [0.5, 0.6) is 0 Å². The molecule has 1 aromatic rings. The van der Waals surface area contributed by atoms with Crippen molar-refractivity contribution in [2.75, 3.05) is 13.1 Å². The van der Waals surface area contributed by atoms with Gasteiger partial charge in [-0.15, -0.1) is 0 Å². The molecule has 0 spiro atoms. The van der Waals surface area contributed by atoms with Crippen LogP contribution in [0.15, 0.2) is 24.3 Å². The molecule has 1 saturated heterocycles. The van der Waals surface area contributed by atoms with E-state index < -0.39 is 0 Å². The van der Waals surface area contributed by atoms with E-state index >= 15 is 0 Å². The Bertz CT molecular complexity index is 634. The predicted molar refractivity (Wildman–Crippen MR) is 101 cm³/mol. The Kier molecular flexibility index (Phi) is 6.88. The lowest BCUT2D eigenvalue weighted by Crippen LogP contribution is -2.45. The van der Waals surface area contributed by atoms with Crippen LogP contribution in [0.3, 0.4) is 0 Å². The van der Waals surface area contributed by atoms with Gasteiger partial charge in [0.25, 0.3) is 0 Å². The molecule has 6 nitrogen and oxygen atoms in total. The summed E-state index contributed by atoms with van der Waals surface area (Å²) in [5.74, 6) is 0.216. The van der Waals surface area contributed by atoms with Gasteiger partial charge in [0.15, 0.2) is 0 Å². The van der Waals surface area contributed by atoms with Crippen LogP contribution in [-0.2, 0) is 9.59 Å². The molecular weight excluding hydrogens is 352 g/mol. The van der Waals surface area contributed by atoms with Gasteiger partial charge in [-0.2, -0.15) is 0 Å². The lowest BCUT2D eigenvalue weighted by molar-refractivity contribution is -0.126. The average molecular weight is 379 g/mol. The highest BCUT2D eigenvalue weighted by Crippen LogP contribution is 2.25. The molecule has 0 aromatic heterocycles. The smallest absolute Gasteiger partial charge is 0.238 e. The van der Waals surface area contributed by atoms with Gasteiger partial charge in [-0.25, -0.2) is 10.9 Å². The minimum Gasteiger partial charge on any atom is -0.354 e. The summed E-state index contributed by atoms with van der Waals surface area (Å²) < 4.78 is 0. The molecule has 142 valence electrons. The number of hydrazine groups is 1. The Balaban J connectivity index is 1.36. The minimum atomic E-state index is -0.298. The second-order valence-corrected chi connectivity index (χ2v) is 7.54. The number of carbonyl (C=O) groups excluding carboxylic acids is 2. The van der Waals surface area contributed by atoms with Crippen LogP contribution in [0.2, 0.25) is 5.02 Å². The van der Waals surface area contributed by atoms with E-state index in [1.807, 2.05) is 24.3 Å². The summed E-state index contributed by atoms with van der Waals surface area (Å²) in [6, 6.07) is 7.39. The van der Waals surface area contributed by atoms with E-state index in [0.29, 0.717) is 24.5 Å². The van der Waals surface area contributed by atoms with E-state index in [1.54, 1.807) is 0 Å². The highest BCUT2D eigenvalue weighted by molar-refractivity contribution is 6.30. The molecule has 1 heterocycles. The van der Waals surface area contributed by atoms with Gasteiger partial charge in [-0.05, 0) is 37.0 Å². The van der Waals surface area contributed by atoms with E-state index in [-0.39, 0.29) is 29.8 Å². The third kappa shape index (κ3) is 5.19. The van der Waals surface area contributed by atoms with Crippen molar-refractivity contribution in [2.24, 2.45) is 5.92 Å². The molecule has 0 radical (unpaired) electrons. The molecule has 3 rings (SSSR count). The Morgan fingerprint density at radius 3 is 2.50 bits per heavy atom. The first kappa shape index (κ1) is 19.1. The van der Waals surface area contributed by atoms with Crippen molar-refractivity contribution in [2.45, 2.75) is 50.6 Å². The second-order valence-electron chi connectivity index (χ2n) is 7.10. The van der Waals surface area contributed by atoms with Crippen molar-refractivity contribution in [1.82, 2.24) is 21.5 Å². The van der Waals surface area contributed by atoms with Crippen molar-refractivity contribution in [3.05, 3.63) is 34.9 Å². The van der Waals surface area contributed by atoms with Crippen molar-refractivity contribution in [1.29, 1.82) is 0 Å². The molecule has 4 N–H and O–H groups in total. The topological polar surface area (TPSA) is 82.3 Å². The zero-order valence-corrected chi connectivity index (χ0v) is 15.6. The summed E-state index contributed by atoms with van der Waals surface area (Å²) in [5.41, 5.74) is 7.23. The molecule has 1 aliphatic carbocycles. The number of hydrogen-bond donors (Lipinski definition) is 4. The molecule has 1 aromatic carbocycles. The largest absolute Gasteiger partial charge is 0.354 e. The third-order valence-electron chi connectivity index (χ3n) is 5.17. The van der Waals surface area contributed by atoms with Gasteiger partial charge in [0, 0.05) is 30.1 Å². The standard InChI is InChI=1S/C19H27ClN4O2/c20-15-8-4-7-14(11-15)16-12-17(24-23-16)19(26)22-10-9-21-18(25)13-5-2-1-3-6-13/h4,7-8,11,13,16-17,23-24H,1-3,5-6,9-10,12H2,(H,21,25)(H,22,26). The fraction of sp³-hybridized carbons (Fsp3) is 0.579. The summed E-state index contributed by atoms with van der Waals surface area (Å²) in [6.07, 6.45) is 6.15. The quantitative estimate of drug-likeness (QED) is 0.571. The normalized spacial score (nSPS) is 23.6. The third-order valence-corrected chi connectivity index (χ3v) is 5.41. The highest BCUT2D eigenvalue weighted by atomic mass is 35.5. The molecule has 2 aliphatic rings. The van der Waals surface area contributed by atoms with Gasteiger partial charge in [-0.3, -0.25) is 9.59 Å². The molecule has 2 atom stereocenters. The Hall–Kier alpha value is -1.63. The molecule has 0 bridgehead atoms. The van der Waals surface area contributed by atoms with Crippen LogP contribution in [0.4, 0.5) is 0 Å². The molecule has 2 amide bonds. The van der Waals surface area contributed by atoms with Crippen LogP contribution in [0, 0.1) is 5.92 Å². The summed E-state index contributed by atoms with van der Waals surface area (Å²) >= 11 is 6.03. The molecule has 1 saturated carbocycles. The number of nitrogens with one attached hydrogen (secondary N) is 4. The minimum absolute atomic E-state index is 0.0513. The van der Waals surface area contributed by atoms with Crippen LogP contribution in [0.1, 0.15) is 50.1 Å². The molecular formula is C19H27ClN4O2. The lowest BCUT2D eigenvalue weighted by atomic mass is 9.89. The van der Waals surface area contributed by atoms with Gasteiger partial charge in [0.2, 0.25) is 11.8 Å². The van der Waals surface area contributed by atoms with E-state index in [9.17, 15) is 9.59 Å². The maximum Gasteiger partial charge on any atom is 0.238 e. The van der Waals surface area contributed by atoms with Crippen LogP contribution < -0.4 is 21.5 Å². The molecule has 2 unspecified atom stereocenters.